The first-order valence-electron chi connectivity index (χ1n) is 4.76. The summed E-state index contributed by atoms with van der Waals surface area (Å²) < 4.78 is 23.2. The van der Waals surface area contributed by atoms with Gasteiger partial charge in [-0.05, 0) is 40.3 Å². The Morgan fingerprint density at radius 3 is 2.29 bits per heavy atom. The molecule has 0 heterocycles. The number of benzene rings is 1. The van der Waals surface area contributed by atoms with Gasteiger partial charge >= 0.3 is 0 Å². The van der Waals surface area contributed by atoms with Crippen molar-refractivity contribution in [3.8, 4) is 0 Å². The molecule has 0 radical (unpaired) electrons. The molecule has 0 aliphatic heterocycles. The molecule has 0 bridgehead atoms. The normalized spacial score (nSPS) is 17.5. The molecule has 1 N–H and O–H groups in total. The number of aliphatic hydroxyl groups is 1. The van der Waals surface area contributed by atoms with Crippen LogP contribution in [0.3, 0.4) is 0 Å². The molecule has 0 fully saturated rings. The summed E-state index contributed by atoms with van der Waals surface area (Å²) >= 11 is 8.13. The summed E-state index contributed by atoms with van der Waals surface area (Å²) in [5.74, 6) is -0.0330. The second kappa shape index (κ2) is 5.85. The molecule has 1 rings (SSSR count). The standard InChI is InChI=1S/C10H11Br2IO3S/c1-2-17(15,16)10(12,13)9(14)7-3-5-8(11)6-4-7/h3-6,9,14H,2H2,1H3/t9-,10+/m0/s1. The smallest absolute Gasteiger partial charge is 0.207 e. The van der Waals surface area contributed by atoms with Gasteiger partial charge in [-0.1, -0.05) is 50.9 Å². The van der Waals surface area contributed by atoms with E-state index in [1.165, 1.54) is 0 Å². The van der Waals surface area contributed by atoms with Crippen molar-refractivity contribution in [2.45, 2.75) is 14.7 Å². The SMILES string of the molecule is CCS(=O)(=O)[C@](Br)(I)[C@@H](O)c1ccc(Br)cc1. The van der Waals surface area contributed by atoms with Gasteiger partial charge in [0.05, 0.1) is 0 Å². The highest BCUT2D eigenvalue weighted by molar-refractivity contribution is 14.1. The van der Waals surface area contributed by atoms with Crippen LogP contribution in [0.5, 0.6) is 0 Å². The monoisotopic (exact) mass is 496 g/mol. The van der Waals surface area contributed by atoms with Gasteiger partial charge in [0.15, 0.2) is 9.84 Å². The zero-order valence-corrected chi connectivity index (χ0v) is 15.0. The average Bonchev–Trinajstić information content (AvgIpc) is 2.28. The Morgan fingerprint density at radius 1 is 1.41 bits per heavy atom. The van der Waals surface area contributed by atoms with Crippen molar-refractivity contribution in [3.63, 3.8) is 0 Å². The summed E-state index contributed by atoms with van der Waals surface area (Å²) in [6.07, 6.45) is -1.12. The average molecular weight is 498 g/mol. The molecule has 0 spiro atoms. The van der Waals surface area contributed by atoms with Crippen molar-refractivity contribution in [1.82, 2.24) is 0 Å². The number of rotatable bonds is 4. The second-order valence-electron chi connectivity index (χ2n) is 3.42. The van der Waals surface area contributed by atoms with Gasteiger partial charge in [-0.15, -0.1) is 0 Å². The van der Waals surface area contributed by atoms with Crippen LogP contribution in [0.1, 0.15) is 18.6 Å². The second-order valence-corrected chi connectivity index (χ2v) is 12.5. The predicted molar refractivity (Wildman–Crippen MR) is 84.2 cm³/mol. The Kier molecular flexibility index (Phi) is 5.47. The highest BCUT2D eigenvalue weighted by Crippen LogP contribution is 2.45. The number of alkyl halides is 2. The molecule has 2 atom stereocenters. The lowest BCUT2D eigenvalue weighted by Gasteiger charge is -2.26. The molecule has 0 unspecified atom stereocenters. The van der Waals surface area contributed by atoms with Gasteiger partial charge < -0.3 is 5.11 Å². The third-order valence-electron chi connectivity index (χ3n) is 2.30. The first-order valence-corrected chi connectivity index (χ1v) is 9.07. The van der Waals surface area contributed by atoms with Crippen LogP contribution in [0.4, 0.5) is 0 Å². The van der Waals surface area contributed by atoms with Crippen LogP contribution in [-0.4, -0.2) is 20.9 Å². The van der Waals surface area contributed by atoms with E-state index in [9.17, 15) is 13.5 Å². The number of hydrogen-bond donors (Lipinski definition) is 1. The predicted octanol–water partition coefficient (Wildman–Crippen LogP) is 3.40. The molecule has 96 valence electrons. The Labute approximate surface area is 131 Å². The van der Waals surface area contributed by atoms with E-state index < -0.39 is 17.6 Å². The van der Waals surface area contributed by atoms with Crippen molar-refractivity contribution in [1.29, 1.82) is 0 Å². The van der Waals surface area contributed by atoms with Crippen LogP contribution < -0.4 is 0 Å². The quantitative estimate of drug-likeness (QED) is 0.512. The van der Waals surface area contributed by atoms with Crippen molar-refractivity contribution in [2.24, 2.45) is 0 Å². The van der Waals surface area contributed by atoms with Gasteiger partial charge in [0, 0.05) is 10.2 Å². The maximum Gasteiger partial charge on any atom is 0.207 e. The van der Waals surface area contributed by atoms with Crippen molar-refractivity contribution >= 4 is 64.3 Å². The molecule has 3 nitrogen and oxygen atoms in total. The molecule has 0 aliphatic carbocycles. The molecule has 17 heavy (non-hydrogen) atoms. The zero-order chi connectivity index (χ0) is 13.3. The first-order chi connectivity index (χ1) is 7.72. The van der Waals surface area contributed by atoms with E-state index in [4.69, 9.17) is 0 Å². The fraction of sp³-hybridized carbons (Fsp3) is 0.400. The molecular weight excluding hydrogens is 487 g/mol. The molecule has 1 aromatic rings. The minimum atomic E-state index is -3.41. The van der Waals surface area contributed by atoms with Crippen LogP contribution in [-0.2, 0) is 9.84 Å². The molecule has 1 aromatic carbocycles. The van der Waals surface area contributed by atoms with Gasteiger partial charge in [0.1, 0.15) is 6.10 Å². The van der Waals surface area contributed by atoms with Gasteiger partial charge in [-0.25, -0.2) is 8.42 Å². The minimum absolute atomic E-state index is 0.0330. The third-order valence-corrected chi connectivity index (χ3v) is 9.16. The third kappa shape index (κ3) is 3.43. The molecule has 0 saturated carbocycles. The first kappa shape index (κ1) is 15.9. The molecule has 0 aromatic heterocycles. The molecular formula is C10H11Br2IO3S. The van der Waals surface area contributed by atoms with E-state index in [1.54, 1.807) is 53.8 Å². The largest absolute Gasteiger partial charge is 0.385 e. The van der Waals surface area contributed by atoms with Gasteiger partial charge in [0.2, 0.25) is 1.66 Å². The van der Waals surface area contributed by atoms with Gasteiger partial charge in [-0.2, -0.15) is 0 Å². The van der Waals surface area contributed by atoms with Crippen LogP contribution in [0.25, 0.3) is 0 Å². The number of halogens is 3. The lowest BCUT2D eigenvalue weighted by molar-refractivity contribution is 0.191. The summed E-state index contributed by atoms with van der Waals surface area (Å²) in [5, 5.41) is 10.2. The topological polar surface area (TPSA) is 54.4 Å². The van der Waals surface area contributed by atoms with Crippen LogP contribution in [0.15, 0.2) is 28.7 Å². The summed E-state index contributed by atoms with van der Waals surface area (Å²) in [6, 6.07) is 6.90. The zero-order valence-electron chi connectivity index (χ0n) is 8.90. The molecule has 0 aliphatic rings. The Morgan fingerprint density at radius 2 is 1.88 bits per heavy atom. The molecule has 0 saturated heterocycles. The Bertz CT molecular complexity index is 485. The van der Waals surface area contributed by atoms with E-state index >= 15 is 0 Å². The Balaban J connectivity index is 3.12. The van der Waals surface area contributed by atoms with Crippen LogP contribution >= 0.6 is 54.5 Å². The fourth-order valence-corrected chi connectivity index (χ4v) is 4.57. The lowest BCUT2D eigenvalue weighted by atomic mass is 10.1. The lowest BCUT2D eigenvalue weighted by Crippen LogP contribution is -2.33. The highest BCUT2D eigenvalue weighted by atomic mass is 127. The molecule has 0 amide bonds. The van der Waals surface area contributed by atoms with E-state index in [-0.39, 0.29) is 5.75 Å². The maximum atomic E-state index is 11.9. The van der Waals surface area contributed by atoms with Crippen LogP contribution in [0.2, 0.25) is 0 Å². The van der Waals surface area contributed by atoms with E-state index in [0.29, 0.717) is 5.56 Å². The van der Waals surface area contributed by atoms with Gasteiger partial charge in [-0.3, -0.25) is 0 Å². The fourth-order valence-electron chi connectivity index (χ4n) is 1.20. The Hall–Kier alpha value is 0.820. The summed E-state index contributed by atoms with van der Waals surface area (Å²) in [5.41, 5.74) is 0.552. The van der Waals surface area contributed by atoms with Gasteiger partial charge in [0.25, 0.3) is 0 Å². The van der Waals surface area contributed by atoms with Crippen molar-refractivity contribution in [3.05, 3.63) is 34.3 Å². The van der Waals surface area contributed by atoms with E-state index in [2.05, 4.69) is 31.9 Å². The van der Waals surface area contributed by atoms with E-state index in [0.717, 1.165) is 4.47 Å². The summed E-state index contributed by atoms with van der Waals surface area (Å²) in [6.45, 7) is 1.55. The number of hydrogen-bond acceptors (Lipinski definition) is 3. The van der Waals surface area contributed by atoms with Crippen LogP contribution in [0, 0.1) is 0 Å². The number of sulfone groups is 1. The summed E-state index contributed by atoms with van der Waals surface area (Å²) in [4.78, 5) is 0. The van der Waals surface area contributed by atoms with Crippen molar-refractivity contribution in [2.75, 3.05) is 5.75 Å². The minimum Gasteiger partial charge on any atom is -0.385 e. The highest BCUT2D eigenvalue weighted by Gasteiger charge is 2.44. The van der Waals surface area contributed by atoms with Crippen molar-refractivity contribution < 1.29 is 13.5 Å². The molecule has 7 heteroatoms. The number of aliphatic hydroxyl groups excluding tert-OH is 1. The summed E-state index contributed by atoms with van der Waals surface area (Å²) in [7, 11) is -3.41. The maximum absolute atomic E-state index is 11.9. The van der Waals surface area contributed by atoms with E-state index in [1.807, 2.05) is 0 Å².